The first-order valence-electron chi connectivity index (χ1n) is 14.1. The second-order valence-corrected chi connectivity index (χ2v) is 15.5. The molecule has 0 aromatic heterocycles. The van der Waals surface area contributed by atoms with Crippen molar-refractivity contribution in [2.75, 3.05) is 0 Å². The molecule has 0 atom stereocenters. The van der Waals surface area contributed by atoms with Crippen molar-refractivity contribution in [3.63, 3.8) is 0 Å². The normalized spacial score (nSPS) is 11.4. The van der Waals surface area contributed by atoms with Gasteiger partial charge in [-0.2, -0.15) is 0 Å². The van der Waals surface area contributed by atoms with Gasteiger partial charge in [-0.1, -0.05) is 162 Å². The quantitative estimate of drug-likeness (QED) is 0.108. The fourth-order valence-corrected chi connectivity index (χ4v) is 10.9. The molecule has 0 bridgehead atoms. The molecule has 0 spiro atoms. The Kier molecular flexibility index (Phi) is 7.49. The van der Waals surface area contributed by atoms with Gasteiger partial charge in [0.2, 0.25) is 7.38 Å². The Morgan fingerprint density at radius 1 is 0.341 bits per heavy atom. The van der Waals surface area contributed by atoms with Gasteiger partial charge in [0.1, 0.15) is 0 Å². The maximum atomic E-state index is 8.41. The third-order valence-electron chi connectivity index (χ3n) is 7.98. The van der Waals surface area contributed by atoms with Gasteiger partial charge in [-0.3, -0.25) is 0 Å². The lowest BCUT2D eigenvalue weighted by atomic mass is 10.0. The second-order valence-electron chi connectivity index (χ2n) is 10.9. The predicted octanol–water partition coefficient (Wildman–Crippen LogP) is 8.82. The lowest BCUT2D eigenvalue weighted by Crippen LogP contribution is -2.64. The molecule has 0 saturated carbocycles. The molecule has 0 nitrogen and oxygen atoms in total. The van der Waals surface area contributed by atoms with E-state index in [-0.39, 0.29) is 0 Å². The standard InChI is InChI=1S/C39H33ClSi/c1-28-16-22-31(23-17-28)34-10-4-7-13-37(34)41(40,38-14-8-5-11-35(38)32-24-18-29(2)19-25-32)39-15-9-6-12-36(39)33-26-20-30(3)21-27-33/h4-27H,1-3H3. The predicted molar refractivity (Wildman–Crippen MR) is 180 cm³/mol. The van der Waals surface area contributed by atoms with Crippen LogP contribution >= 0.6 is 11.1 Å². The molecule has 0 unspecified atom stereocenters. The maximum absolute atomic E-state index is 8.41. The first-order valence-corrected chi connectivity index (χ1v) is 17.1. The molecule has 0 amide bonds. The molecule has 0 N–H and O–H groups in total. The lowest BCUT2D eigenvalue weighted by Gasteiger charge is -2.32. The van der Waals surface area contributed by atoms with Gasteiger partial charge in [-0.05, 0) is 69.7 Å². The fraction of sp³-hybridized carbons (Fsp3) is 0.0769. The lowest BCUT2D eigenvalue weighted by molar-refractivity contribution is 1.47. The van der Waals surface area contributed by atoms with Crippen LogP contribution in [0.4, 0.5) is 0 Å². The molecular weight excluding hydrogens is 532 g/mol. The Hall–Kier alpha value is -4.17. The molecule has 2 heteroatoms. The van der Waals surface area contributed by atoms with Crippen molar-refractivity contribution in [2.24, 2.45) is 0 Å². The number of hydrogen-bond acceptors (Lipinski definition) is 0. The number of benzene rings is 6. The molecule has 6 aromatic carbocycles. The van der Waals surface area contributed by atoms with E-state index in [0.717, 1.165) is 0 Å². The highest BCUT2D eigenvalue weighted by atomic mass is 35.6. The Bertz CT molecular complexity index is 1590. The summed E-state index contributed by atoms with van der Waals surface area (Å²) in [5, 5.41) is 3.60. The SMILES string of the molecule is Cc1ccc(-c2ccccc2[Si](Cl)(c2ccccc2-c2ccc(C)cc2)c2ccccc2-c2ccc(C)cc2)cc1. The summed E-state index contributed by atoms with van der Waals surface area (Å²) < 4.78 is 0. The number of rotatable bonds is 6. The summed E-state index contributed by atoms with van der Waals surface area (Å²) in [6.07, 6.45) is 0. The van der Waals surface area contributed by atoms with Crippen LogP contribution in [0, 0.1) is 20.8 Å². The van der Waals surface area contributed by atoms with E-state index in [9.17, 15) is 0 Å². The maximum Gasteiger partial charge on any atom is 0.249 e. The van der Waals surface area contributed by atoms with Gasteiger partial charge >= 0.3 is 0 Å². The van der Waals surface area contributed by atoms with Gasteiger partial charge in [0.15, 0.2) is 0 Å². The second kappa shape index (κ2) is 11.4. The van der Waals surface area contributed by atoms with Gasteiger partial charge in [0, 0.05) is 0 Å². The summed E-state index contributed by atoms with van der Waals surface area (Å²) in [7, 11) is -3.13. The van der Waals surface area contributed by atoms with E-state index in [1.807, 2.05) is 0 Å². The molecule has 6 rings (SSSR count). The molecule has 0 heterocycles. The monoisotopic (exact) mass is 564 g/mol. The van der Waals surface area contributed by atoms with Crippen LogP contribution in [0.3, 0.4) is 0 Å². The van der Waals surface area contributed by atoms with Crippen molar-refractivity contribution >= 4 is 34.0 Å². The smallest absolute Gasteiger partial charge is 0.149 e. The molecule has 41 heavy (non-hydrogen) atoms. The van der Waals surface area contributed by atoms with E-state index in [2.05, 4.69) is 166 Å². The molecule has 6 aromatic rings. The highest BCUT2D eigenvalue weighted by Gasteiger charge is 2.43. The first-order chi connectivity index (χ1) is 19.9. The third-order valence-corrected chi connectivity index (χ3v) is 13.3. The Morgan fingerprint density at radius 3 is 0.854 bits per heavy atom. The minimum absolute atomic E-state index is 1.18. The zero-order valence-electron chi connectivity index (χ0n) is 23.7. The van der Waals surface area contributed by atoms with Gasteiger partial charge < -0.3 is 0 Å². The van der Waals surface area contributed by atoms with E-state index >= 15 is 0 Å². The Labute approximate surface area is 249 Å². The summed E-state index contributed by atoms with van der Waals surface area (Å²) in [6, 6.07) is 52.7. The average Bonchev–Trinajstić information content (AvgIpc) is 3.02. The molecular formula is C39H33ClSi. The fourth-order valence-electron chi connectivity index (χ4n) is 5.74. The van der Waals surface area contributed by atoms with Crippen LogP contribution in [0.2, 0.25) is 0 Å². The van der Waals surface area contributed by atoms with Crippen molar-refractivity contribution in [3.05, 3.63) is 162 Å². The van der Waals surface area contributed by atoms with Crippen LogP contribution < -0.4 is 15.6 Å². The Morgan fingerprint density at radius 2 is 0.585 bits per heavy atom. The molecule has 0 saturated heterocycles. The molecule has 200 valence electrons. The average molecular weight is 565 g/mol. The van der Waals surface area contributed by atoms with Crippen molar-refractivity contribution < 1.29 is 0 Å². The summed E-state index contributed by atoms with van der Waals surface area (Å²) in [6.45, 7) is 6.39. The largest absolute Gasteiger partial charge is 0.249 e. The molecule has 0 aliphatic heterocycles. The summed E-state index contributed by atoms with van der Waals surface area (Å²) in [4.78, 5) is 0. The van der Waals surface area contributed by atoms with Crippen molar-refractivity contribution in [1.29, 1.82) is 0 Å². The molecule has 0 aliphatic rings. The summed E-state index contributed by atoms with van der Waals surface area (Å²) in [5.74, 6) is 0. The summed E-state index contributed by atoms with van der Waals surface area (Å²) in [5.41, 5.74) is 10.8. The van der Waals surface area contributed by atoms with E-state index < -0.39 is 7.38 Å². The van der Waals surface area contributed by atoms with Crippen LogP contribution in [0.25, 0.3) is 33.4 Å². The topological polar surface area (TPSA) is 0 Å². The van der Waals surface area contributed by atoms with Gasteiger partial charge in [0.05, 0.1) is 0 Å². The molecule has 0 radical (unpaired) electrons. The van der Waals surface area contributed by atoms with Gasteiger partial charge in [0.25, 0.3) is 0 Å². The van der Waals surface area contributed by atoms with Crippen molar-refractivity contribution in [2.45, 2.75) is 20.8 Å². The van der Waals surface area contributed by atoms with Crippen LogP contribution in [0.1, 0.15) is 16.7 Å². The van der Waals surface area contributed by atoms with Gasteiger partial charge in [-0.25, -0.2) is 0 Å². The Balaban J connectivity index is 1.70. The van der Waals surface area contributed by atoms with Gasteiger partial charge in [-0.15, -0.1) is 11.1 Å². The van der Waals surface area contributed by atoms with Crippen LogP contribution in [-0.4, -0.2) is 7.38 Å². The van der Waals surface area contributed by atoms with Crippen LogP contribution in [0.15, 0.2) is 146 Å². The number of hydrogen-bond donors (Lipinski definition) is 0. The first kappa shape index (κ1) is 27.0. The highest BCUT2D eigenvalue weighted by Crippen LogP contribution is 2.30. The minimum Gasteiger partial charge on any atom is -0.149 e. The summed E-state index contributed by atoms with van der Waals surface area (Å²) >= 11 is 8.41. The minimum atomic E-state index is -3.13. The number of aryl methyl sites for hydroxylation is 3. The van der Waals surface area contributed by atoms with E-state index in [0.29, 0.717) is 0 Å². The van der Waals surface area contributed by atoms with E-state index in [4.69, 9.17) is 11.1 Å². The zero-order valence-corrected chi connectivity index (χ0v) is 25.5. The van der Waals surface area contributed by atoms with E-state index in [1.54, 1.807) is 0 Å². The van der Waals surface area contributed by atoms with Crippen molar-refractivity contribution in [1.82, 2.24) is 0 Å². The zero-order chi connectivity index (χ0) is 28.4. The van der Waals surface area contributed by atoms with Crippen LogP contribution in [-0.2, 0) is 0 Å². The number of halogens is 1. The van der Waals surface area contributed by atoms with Crippen molar-refractivity contribution in [3.8, 4) is 33.4 Å². The third kappa shape index (κ3) is 5.20. The molecule has 0 fully saturated rings. The molecule has 0 aliphatic carbocycles. The van der Waals surface area contributed by atoms with E-state index in [1.165, 1.54) is 65.6 Å². The highest BCUT2D eigenvalue weighted by molar-refractivity contribution is 7.41. The van der Waals surface area contributed by atoms with Crippen LogP contribution in [0.5, 0.6) is 0 Å².